The van der Waals surface area contributed by atoms with Crippen molar-refractivity contribution < 1.29 is 13.6 Å². The molecule has 1 N–H and O–H groups in total. The standard InChI is InChI=1S/C56H115NO3SSi/c1-6-10-14-18-21-24-27-29-31-33-36-40-44-49-56(57-5,50-45-41-37-34-32-30-28-25-22-19-15-11-7-2)54-60-62(53-47-52-61-55(58)48-43-39-17-13-9-4)59-51-46-42-38-35-26-23-20-16-12-8-3/h57,62H,6-54H2,1-5H3. The lowest BCUT2D eigenvalue weighted by atomic mass is 9.87. The van der Waals surface area contributed by atoms with E-state index in [1.807, 2.05) is 0 Å². The normalized spacial score (nSPS) is 12.5. The fourth-order valence-corrected chi connectivity index (χ4v) is 12.2. The highest BCUT2D eigenvalue weighted by Crippen LogP contribution is 2.26. The van der Waals surface area contributed by atoms with Gasteiger partial charge in [-0.2, -0.15) is 0 Å². The number of rotatable bonds is 54. The van der Waals surface area contributed by atoms with Crippen LogP contribution >= 0.6 is 11.8 Å². The molecule has 0 rings (SSSR count). The Morgan fingerprint density at radius 3 is 1.10 bits per heavy atom. The third kappa shape index (κ3) is 45.3. The second kappa shape index (κ2) is 52.1. The number of thioether (sulfide) groups is 1. The Morgan fingerprint density at radius 1 is 0.419 bits per heavy atom. The van der Waals surface area contributed by atoms with Crippen LogP contribution in [0, 0.1) is 0 Å². The Balaban J connectivity index is 5.09. The van der Waals surface area contributed by atoms with E-state index in [1.165, 1.54) is 263 Å². The van der Waals surface area contributed by atoms with E-state index in [2.05, 4.69) is 40.1 Å². The van der Waals surface area contributed by atoms with Crippen LogP contribution in [0.1, 0.15) is 317 Å². The van der Waals surface area contributed by atoms with Gasteiger partial charge in [0.2, 0.25) is 0 Å². The molecule has 0 saturated heterocycles. The van der Waals surface area contributed by atoms with Crippen LogP contribution in [0.25, 0.3) is 0 Å². The molecule has 0 aliphatic carbocycles. The summed E-state index contributed by atoms with van der Waals surface area (Å²) in [6.07, 6.45) is 60.2. The van der Waals surface area contributed by atoms with E-state index in [4.69, 9.17) is 8.85 Å². The fraction of sp³-hybridized carbons (Fsp3) is 0.982. The van der Waals surface area contributed by atoms with Crippen LogP contribution in [0.15, 0.2) is 0 Å². The van der Waals surface area contributed by atoms with E-state index in [9.17, 15) is 4.79 Å². The first kappa shape index (κ1) is 62.1. The zero-order valence-corrected chi connectivity index (χ0v) is 45.3. The molecule has 0 aromatic carbocycles. The second-order valence-electron chi connectivity index (χ2n) is 19.8. The maximum atomic E-state index is 12.6. The van der Waals surface area contributed by atoms with Crippen molar-refractivity contribution in [2.75, 3.05) is 26.0 Å². The van der Waals surface area contributed by atoms with Crippen molar-refractivity contribution in [3.05, 3.63) is 0 Å². The first-order valence-corrected chi connectivity index (χ1v) is 31.4. The van der Waals surface area contributed by atoms with E-state index in [0.717, 1.165) is 50.7 Å². The summed E-state index contributed by atoms with van der Waals surface area (Å²) in [5.41, 5.74) is 0.0454. The quantitative estimate of drug-likeness (QED) is 0.0487. The third-order valence-electron chi connectivity index (χ3n) is 13.7. The number of carbonyl (C=O) groups is 1. The van der Waals surface area contributed by atoms with Crippen molar-refractivity contribution in [3.8, 4) is 0 Å². The zero-order valence-electron chi connectivity index (χ0n) is 43.4. The smallest absolute Gasteiger partial charge is 0.321 e. The molecule has 372 valence electrons. The average molecular weight is 911 g/mol. The van der Waals surface area contributed by atoms with Gasteiger partial charge in [0.05, 0.1) is 6.61 Å². The summed E-state index contributed by atoms with van der Waals surface area (Å²) in [6, 6.07) is 1.02. The Labute approximate surface area is 397 Å². The number of hydrogen-bond acceptors (Lipinski definition) is 5. The average Bonchev–Trinajstić information content (AvgIpc) is 3.28. The summed E-state index contributed by atoms with van der Waals surface area (Å²) in [4.78, 5) is 12.6. The molecule has 0 aromatic heterocycles. The number of carbonyl (C=O) groups excluding carboxylic acids is 1. The largest absolute Gasteiger partial charge is 0.397 e. The van der Waals surface area contributed by atoms with Crippen molar-refractivity contribution in [2.24, 2.45) is 0 Å². The van der Waals surface area contributed by atoms with Gasteiger partial charge in [-0.25, -0.2) is 0 Å². The zero-order chi connectivity index (χ0) is 45.1. The van der Waals surface area contributed by atoms with Gasteiger partial charge in [0.1, 0.15) is 0 Å². The maximum Gasteiger partial charge on any atom is 0.321 e. The minimum atomic E-state index is -1.84. The van der Waals surface area contributed by atoms with Gasteiger partial charge in [-0.3, -0.25) is 4.79 Å². The lowest BCUT2D eigenvalue weighted by Gasteiger charge is -2.35. The Hall–Kier alpha value is 0.117. The van der Waals surface area contributed by atoms with Gasteiger partial charge in [-0.1, -0.05) is 290 Å². The molecule has 0 heterocycles. The highest BCUT2D eigenvalue weighted by molar-refractivity contribution is 8.13. The lowest BCUT2D eigenvalue weighted by Crippen LogP contribution is -2.49. The van der Waals surface area contributed by atoms with Gasteiger partial charge < -0.3 is 14.2 Å². The van der Waals surface area contributed by atoms with Crippen LogP contribution in [0.5, 0.6) is 0 Å². The minimum absolute atomic E-state index is 0.0454. The molecule has 4 nitrogen and oxygen atoms in total. The number of likely N-dealkylation sites (N-methyl/N-ethyl adjacent to an activating group) is 1. The van der Waals surface area contributed by atoms with Crippen molar-refractivity contribution >= 4 is 26.2 Å². The van der Waals surface area contributed by atoms with Gasteiger partial charge in [0.25, 0.3) is 0 Å². The maximum absolute atomic E-state index is 12.6. The first-order chi connectivity index (χ1) is 30.6. The molecule has 0 bridgehead atoms. The Kier molecular flexibility index (Phi) is 52.2. The molecule has 0 radical (unpaired) electrons. The van der Waals surface area contributed by atoms with Crippen LogP contribution in [-0.4, -0.2) is 46.0 Å². The summed E-state index contributed by atoms with van der Waals surface area (Å²) in [7, 11) is 0.365. The molecular weight excluding hydrogens is 795 g/mol. The predicted molar refractivity (Wildman–Crippen MR) is 284 cm³/mol. The molecule has 6 heteroatoms. The molecule has 0 saturated carbocycles. The van der Waals surface area contributed by atoms with Crippen molar-refractivity contribution in [1.29, 1.82) is 0 Å². The van der Waals surface area contributed by atoms with Crippen LogP contribution in [0.4, 0.5) is 0 Å². The van der Waals surface area contributed by atoms with Crippen LogP contribution in [-0.2, 0) is 13.6 Å². The number of nitrogens with one attached hydrogen (secondary N) is 1. The monoisotopic (exact) mass is 910 g/mol. The highest BCUT2D eigenvalue weighted by Gasteiger charge is 2.29. The predicted octanol–water partition coefficient (Wildman–Crippen LogP) is 19.1. The van der Waals surface area contributed by atoms with Crippen LogP contribution in [0.2, 0.25) is 6.04 Å². The number of unbranched alkanes of at least 4 members (excludes halogenated alkanes) is 37. The molecule has 0 spiro atoms. The van der Waals surface area contributed by atoms with Crippen LogP contribution < -0.4 is 5.32 Å². The van der Waals surface area contributed by atoms with Gasteiger partial charge in [0, 0.05) is 24.3 Å². The summed E-state index contributed by atoms with van der Waals surface area (Å²) in [5.74, 6) is 0.914. The van der Waals surface area contributed by atoms with Crippen LogP contribution in [0.3, 0.4) is 0 Å². The third-order valence-corrected chi connectivity index (χ3v) is 16.8. The fourth-order valence-electron chi connectivity index (χ4n) is 9.21. The molecule has 1 unspecified atom stereocenters. The van der Waals surface area contributed by atoms with E-state index < -0.39 is 9.28 Å². The second-order valence-corrected chi connectivity index (χ2v) is 23.1. The summed E-state index contributed by atoms with van der Waals surface area (Å²) < 4.78 is 13.7. The molecular formula is C56H115NO3SSi. The molecule has 0 aliphatic rings. The summed E-state index contributed by atoms with van der Waals surface area (Å²) >= 11 is 1.57. The van der Waals surface area contributed by atoms with Gasteiger partial charge in [-0.15, -0.1) is 0 Å². The number of hydrogen-bond donors (Lipinski definition) is 1. The SMILES string of the molecule is CCCCCCCCCCCCCCCC(CCCCCCCCCCCCCCC)(CO[SiH](CCCSC(=O)CCCCCCC)OCCCCCCCCCCCC)NC. The van der Waals surface area contributed by atoms with Gasteiger partial charge >= 0.3 is 9.28 Å². The van der Waals surface area contributed by atoms with Gasteiger partial charge in [0.15, 0.2) is 5.12 Å². The van der Waals surface area contributed by atoms with E-state index in [1.54, 1.807) is 11.8 Å². The van der Waals surface area contributed by atoms with E-state index in [-0.39, 0.29) is 5.54 Å². The Morgan fingerprint density at radius 2 is 0.742 bits per heavy atom. The molecule has 0 fully saturated rings. The molecule has 62 heavy (non-hydrogen) atoms. The van der Waals surface area contributed by atoms with Crippen molar-refractivity contribution in [2.45, 2.75) is 328 Å². The van der Waals surface area contributed by atoms with Crippen molar-refractivity contribution in [1.82, 2.24) is 5.32 Å². The summed E-state index contributed by atoms with van der Waals surface area (Å²) in [5, 5.41) is 4.26. The molecule has 0 aliphatic heterocycles. The lowest BCUT2D eigenvalue weighted by molar-refractivity contribution is -0.111. The van der Waals surface area contributed by atoms with Crippen molar-refractivity contribution in [3.63, 3.8) is 0 Å². The summed E-state index contributed by atoms with van der Waals surface area (Å²) in [6.45, 7) is 10.8. The molecule has 0 amide bonds. The molecule has 0 aromatic rings. The first-order valence-electron chi connectivity index (χ1n) is 28.6. The minimum Gasteiger partial charge on any atom is -0.397 e. The Bertz CT molecular complexity index is 831. The van der Waals surface area contributed by atoms with Gasteiger partial charge in [-0.05, 0) is 45.2 Å². The molecule has 1 atom stereocenters. The highest BCUT2D eigenvalue weighted by atomic mass is 32.2. The topological polar surface area (TPSA) is 47.6 Å². The van der Waals surface area contributed by atoms with E-state index >= 15 is 0 Å². The van der Waals surface area contributed by atoms with E-state index in [0.29, 0.717) is 5.12 Å².